The van der Waals surface area contributed by atoms with Gasteiger partial charge in [-0.05, 0) is 44.1 Å². The quantitative estimate of drug-likeness (QED) is 0.668. The van der Waals surface area contributed by atoms with Crippen LogP contribution in [0.25, 0.3) is 0 Å². The third kappa shape index (κ3) is 3.69. The summed E-state index contributed by atoms with van der Waals surface area (Å²) in [7, 11) is 1.29. The Morgan fingerprint density at radius 3 is 2.66 bits per heavy atom. The fourth-order valence-corrected chi connectivity index (χ4v) is 5.45. The number of ether oxygens (including phenoxy) is 1. The second-order valence-corrected chi connectivity index (χ2v) is 9.07. The molecule has 1 fully saturated rings. The van der Waals surface area contributed by atoms with Crippen molar-refractivity contribution in [2.75, 3.05) is 31.6 Å². The molecule has 0 bridgehead atoms. The van der Waals surface area contributed by atoms with Gasteiger partial charge in [0.2, 0.25) is 0 Å². The molecule has 8 heteroatoms. The highest BCUT2D eigenvalue weighted by Gasteiger charge is 2.55. The molecule has 0 radical (unpaired) electrons. The fraction of sp³-hybridized carbons (Fsp3) is 0.417. The number of hydrogen-bond acceptors (Lipinski definition) is 5. The molecule has 2 heterocycles. The van der Waals surface area contributed by atoms with Crippen molar-refractivity contribution in [3.8, 4) is 0 Å². The van der Waals surface area contributed by atoms with Gasteiger partial charge in [0, 0.05) is 28.7 Å². The molecule has 2 atom stereocenters. The van der Waals surface area contributed by atoms with Crippen LogP contribution >= 0.6 is 23.2 Å². The first-order valence-electron chi connectivity index (χ1n) is 10.8. The Morgan fingerprint density at radius 2 is 1.97 bits per heavy atom. The molecule has 2 unspecified atom stereocenters. The Hall–Kier alpha value is -2.12. The van der Waals surface area contributed by atoms with Gasteiger partial charge >= 0.3 is 5.97 Å². The van der Waals surface area contributed by atoms with Crippen molar-refractivity contribution < 1.29 is 19.4 Å². The SMILES string of the molecule is CCN1CCCCC(N2C(=O)C(O)(c3ccccc3Cl)c3c(Cl)cc(C(=O)OC)cc32)C1. The molecule has 0 aromatic heterocycles. The Balaban J connectivity index is 1.93. The minimum Gasteiger partial charge on any atom is -0.465 e. The molecule has 1 saturated heterocycles. The molecule has 4 rings (SSSR count). The van der Waals surface area contributed by atoms with E-state index in [9.17, 15) is 14.7 Å². The van der Waals surface area contributed by atoms with Gasteiger partial charge in [0.1, 0.15) is 0 Å². The molecule has 2 aliphatic heterocycles. The summed E-state index contributed by atoms with van der Waals surface area (Å²) < 4.78 is 4.88. The second kappa shape index (κ2) is 9.02. The van der Waals surface area contributed by atoms with E-state index in [1.54, 1.807) is 35.2 Å². The highest BCUT2D eigenvalue weighted by atomic mass is 35.5. The number of likely N-dealkylation sites (tertiary alicyclic amines) is 1. The van der Waals surface area contributed by atoms with Crippen LogP contribution < -0.4 is 4.90 Å². The van der Waals surface area contributed by atoms with E-state index in [0.29, 0.717) is 12.2 Å². The van der Waals surface area contributed by atoms with E-state index in [0.717, 1.165) is 32.4 Å². The number of amides is 1. The summed E-state index contributed by atoms with van der Waals surface area (Å²) in [4.78, 5) is 30.2. The van der Waals surface area contributed by atoms with Crippen LogP contribution in [0, 0.1) is 0 Å². The van der Waals surface area contributed by atoms with Crippen molar-refractivity contribution in [3.05, 3.63) is 63.1 Å². The van der Waals surface area contributed by atoms with E-state index >= 15 is 0 Å². The summed E-state index contributed by atoms with van der Waals surface area (Å²) in [5.74, 6) is -1.07. The molecule has 1 N–H and O–H groups in total. The van der Waals surface area contributed by atoms with E-state index in [1.165, 1.54) is 13.2 Å². The molecule has 1 amide bonds. The number of hydrogen-bond donors (Lipinski definition) is 1. The lowest BCUT2D eigenvalue weighted by atomic mass is 9.87. The van der Waals surface area contributed by atoms with Crippen molar-refractivity contribution in [1.29, 1.82) is 0 Å². The Labute approximate surface area is 197 Å². The number of rotatable bonds is 4. The summed E-state index contributed by atoms with van der Waals surface area (Å²) in [6.07, 6.45) is 2.77. The molecule has 6 nitrogen and oxygen atoms in total. The van der Waals surface area contributed by atoms with Gasteiger partial charge in [-0.2, -0.15) is 0 Å². The average Bonchev–Trinajstić information content (AvgIpc) is 2.92. The number of fused-ring (bicyclic) bond motifs is 1. The van der Waals surface area contributed by atoms with Gasteiger partial charge in [-0.25, -0.2) is 4.79 Å². The summed E-state index contributed by atoms with van der Waals surface area (Å²) in [6, 6.07) is 9.55. The van der Waals surface area contributed by atoms with Gasteiger partial charge in [-0.15, -0.1) is 0 Å². The van der Waals surface area contributed by atoms with Gasteiger partial charge in [0.25, 0.3) is 5.91 Å². The zero-order chi connectivity index (χ0) is 23.0. The number of anilines is 1. The third-order valence-corrected chi connectivity index (χ3v) is 7.07. The average molecular weight is 477 g/mol. The van der Waals surface area contributed by atoms with Gasteiger partial charge in [-0.1, -0.05) is 54.7 Å². The Morgan fingerprint density at radius 1 is 1.22 bits per heavy atom. The molecule has 2 aromatic rings. The maximum absolute atomic E-state index is 14.0. The minimum absolute atomic E-state index is 0.113. The predicted molar refractivity (Wildman–Crippen MR) is 124 cm³/mol. The summed E-state index contributed by atoms with van der Waals surface area (Å²) in [5.41, 5.74) is -0.893. The molecule has 2 aliphatic rings. The van der Waals surface area contributed by atoms with Crippen molar-refractivity contribution in [1.82, 2.24) is 4.90 Å². The normalized spacial score (nSPS) is 23.7. The largest absolute Gasteiger partial charge is 0.465 e. The second-order valence-electron chi connectivity index (χ2n) is 8.25. The lowest BCUT2D eigenvalue weighted by Gasteiger charge is -2.32. The standard InChI is InChI=1S/C24H26Cl2N2O4/c1-3-27-11-7-6-8-16(14-27)28-20-13-15(22(29)32-2)12-19(26)21(20)24(31,23(28)30)17-9-4-5-10-18(17)25/h4-5,9-10,12-13,16,31H,3,6-8,11,14H2,1-2H3. The fourth-order valence-electron chi connectivity index (χ4n) is 4.83. The molecule has 170 valence electrons. The highest BCUT2D eigenvalue weighted by Crippen LogP contribution is 2.51. The summed E-state index contributed by atoms with van der Waals surface area (Å²) in [5, 5.41) is 12.3. The first kappa shape index (κ1) is 23.1. The third-order valence-electron chi connectivity index (χ3n) is 6.45. The first-order valence-corrected chi connectivity index (χ1v) is 11.5. The smallest absolute Gasteiger partial charge is 0.337 e. The first-order chi connectivity index (χ1) is 15.3. The van der Waals surface area contributed by atoms with Gasteiger partial charge in [0.15, 0.2) is 5.60 Å². The number of likely N-dealkylation sites (N-methyl/N-ethyl adjacent to an activating group) is 1. The number of halogens is 2. The van der Waals surface area contributed by atoms with Crippen LogP contribution in [-0.4, -0.2) is 54.7 Å². The zero-order valence-electron chi connectivity index (χ0n) is 18.1. The van der Waals surface area contributed by atoms with E-state index in [-0.39, 0.29) is 32.8 Å². The van der Waals surface area contributed by atoms with E-state index in [1.807, 2.05) is 0 Å². The lowest BCUT2D eigenvalue weighted by molar-refractivity contribution is -0.132. The van der Waals surface area contributed by atoms with E-state index in [4.69, 9.17) is 27.9 Å². The topological polar surface area (TPSA) is 70.1 Å². The Kier molecular flexibility index (Phi) is 6.50. The molecule has 0 aliphatic carbocycles. The zero-order valence-corrected chi connectivity index (χ0v) is 19.6. The molecular weight excluding hydrogens is 451 g/mol. The molecule has 2 aromatic carbocycles. The van der Waals surface area contributed by atoms with Crippen molar-refractivity contribution in [2.45, 2.75) is 37.8 Å². The van der Waals surface area contributed by atoms with Crippen LogP contribution in [0.4, 0.5) is 5.69 Å². The van der Waals surface area contributed by atoms with Gasteiger partial charge in [-0.3, -0.25) is 4.79 Å². The number of nitrogens with zero attached hydrogens (tertiary/aromatic N) is 2. The number of carbonyl (C=O) groups is 2. The monoisotopic (exact) mass is 476 g/mol. The number of methoxy groups -OCH3 is 1. The van der Waals surface area contributed by atoms with Crippen LogP contribution in [-0.2, 0) is 15.1 Å². The van der Waals surface area contributed by atoms with E-state index in [2.05, 4.69) is 11.8 Å². The van der Waals surface area contributed by atoms with Crippen LogP contribution in [0.2, 0.25) is 10.0 Å². The van der Waals surface area contributed by atoms with Crippen LogP contribution in [0.3, 0.4) is 0 Å². The van der Waals surface area contributed by atoms with Crippen LogP contribution in [0.15, 0.2) is 36.4 Å². The number of benzene rings is 2. The van der Waals surface area contributed by atoms with Crippen molar-refractivity contribution in [2.24, 2.45) is 0 Å². The molecule has 0 saturated carbocycles. The molecule has 32 heavy (non-hydrogen) atoms. The Bertz CT molecular complexity index is 1060. The number of carbonyl (C=O) groups excluding carboxylic acids is 2. The number of esters is 1. The number of aliphatic hydroxyl groups is 1. The molecular formula is C24H26Cl2N2O4. The maximum Gasteiger partial charge on any atom is 0.337 e. The maximum atomic E-state index is 14.0. The van der Waals surface area contributed by atoms with E-state index < -0.39 is 17.5 Å². The summed E-state index contributed by atoms with van der Waals surface area (Å²) >= 11 is 13.1. The predicted octanol–water partition coefficient (Wildman–Crippen LogP) is 4.24. The van der Waals surface area contributed by atoms with Crippen LogP contribution in [0.1, 0.15) is 47.7 Å². The van der Waals surface area contributed by atoms with Gasteiger partial charge in [0.05, 0.1) is 23.4 Å². The van der Waals surface area contributed by atoms with Crippen molar-refractivity contribution >= 4 is 40.8 Å². The summed E-state index contributed by atoms with van der Waals surface area (Å²) in [6.45, 7) is 4.58. The molecule has 0 spiro atoms. The lowest BCUT2D eigenvalue weighted by Crippen LogP contribution is -2.49. The highest BCUT2D eigenvalue weighted by molar-refractivity contribution is 6.35. The van der Waals surface area contributed by atoms with Gasteiger partial charge < -0.3 is 19.6 Å². The van der Waals surface area contributed by atoms with Crippen LogP contribution in [0.5, 0.6) is 0 Å². The minimum atomic E-state index is -2.05. The van der Waals surface area contributed by atoms with Crippen molar-refractivity contribution in [3.63, 3.8) is 0 Å².